The van der Waals surface area contributed by atoms with Crippen LogP contribution < -0.4 is 10.0 Å². The molecule has 1 aromatic carbocycles. The van der Waals surface area contributed by atoms with Gasteiger partial charge >= 0.3 is 0 Å². The molecule has 2 N–H and O–H groups in total. The SMILES string of the molecule is Cc1ccc(C)c(S(=O)(=O)NCCNC(=O)c2cc(C(C)C)nc3onc(C)c23)c1. The number of aryl methyl sites for hydroxylation is 3. The third kappa shape index (κ3) is 4.52. The van der Waals surface area contributed by atoms with Gasteiger partial charge in [-0.2, -0.15) is 0 Å². The first kappa shape index (κ1) is 21.9. The summed E-state index contributed by atoms with van der Waals surface area (Å²) in [6, 6.07) is 7.00. The topological polar surface area (TPSA) is 114 Å². The summed E-state index contributed by atoms with van der Waals surface area (Å²) < 4.78 is 32.9. The molecule has 0 atom stereocenters. The van der Waals surface area contributed by atoms with E-state index in [1.807, 2.05) is 26.8 Å². The molecule has 30 heavy (non-hydrogen) atoms. The normalized spacial score (nSPS) is 11.9. The summed E-state index contributed by atoms with van der Waals surface area (Å²) in [7, 11) is -3.66. The Kier molecular flexibility index (Phi) is 6.23. The molecule has 9 heteroatoms. The number of aromatic nitrogens is 2. The van der Waals surface area contributed by atoms with Gasteiger partial charge in [-0.05, 0) is 49.9 Å². The highest BCUT2D eigenvalue weighted by molar-refractivity contribution is 7.89. The number of nitrogens with one attached hydrogen (secondary N) is 2. The number of amides is 1. The summed E-state index contributed by atoms with van der Waals surface area (Å²) in [5, 5.41) is 7.23. The first-order valence-electron chi connectivity index (χ1n) is 9.72. The van der Waals surface area contributed by atoms with Crippen molar-refractivity contribution in [3.05, 3.63) is 52.3 Å². The Labute approximate surface area is 176 Å². The van der Waals surface area contributed by atoms with Crippen molar-refractivity contribution in [1.82, 2.24) is 20.2 Å². The lowest BCUT2D eigenvalue weighted by atomic mass is 10.0. The first-order valence-corrected chi connectivity index (χ1v) is 11.2. The van der Waals surface area contributed by atoms with Gasteiger partial charge in [0.1, 0.15) is 0 Å². The van der Waals surface area contributed by atoms with Crippen molar-refractivity contribution in [2.75, 3.05) is 13.1 Å². The maximum Gasteiger partial charge on any atom is 0.259 e. The number of sulfonamides is 1. The number of carbonyl (C=O) groups is 1. The van der Waals surface area contributed by atoms with Crippen LogP contribution in [0.25, 0.3) is 11.1 Å². The average molecular weight is 431 g/mol. The molecule has 0 aliphatic carbocycles. The molecule has 0 bridgehead atoms. The number of fused-ring (bicyclic) bond motifs is 1. The van der Waals surface area contributed by atoms with Crippen LogP contribution in [0.5, 0.6) is 0 Å². The zero-order valence-electron chi connectivity index (χ0n) is 17.7. The quantitative estimate of drug-likeness (QED) is 0.557. The van der Waals surface area contributed by atoms with E-state index in [9.17, 15) is 13.2 Å². The summed E-state index contributed by atoms with van der Waals surface area (Å²) in [6.07, 6.45) is 0. The lowest BCUT2D eigenvalue weighted by Gasteiger charge is -2.12. The molecule has 8 nitrogen and oxygen atoms in total. The molecule has 3 rings (SSSR count). The molecule has 0 fully saturated rings. The van der Waals surface area contributed by atoms with Crippen molar-refractivity contribution in [3.8, 4) is 0 Å². The number of hydrogen-bond donors (Lipinski definition) is 2. The molecule has 1 amide bonds. The van der Waals surface area contributed by atoms with Gasteiger partial charge in [0, 0.05) is 18.8 Å². The van der Waals surface area contributed by atoms with Crippen molar-refractivity contribution in [2.24, 2.45) is 0 Å². The molecule has 0 aliphatic heterocycles. The Morgan fingerprint density at radius 2 is 1.87 bits per heavy atom. The summed E-state index contributed by atoms with van der Waals surface area (Å²) in [5.41, 5.74) is 3.56. The number of rotatable bonds is 7. The lowest BCUT2D eigenvalue weighted by molar-refractivity contribution is 0.0955. The number of benzene rings is 1. The maximum atomic E-state index is 12.8. The van der Waals surface area contributed by atoms with E-state index in [0.29, 0.717) is 27.9 Å². The third-order valence-corrected chi connectivity index (χ3v) is 6.41. The second-order valence-corrected chi connectivity index (χ2v) is 9.36. The number of nitrogens with zero attached hydrogens (tertiary/aromatic N) is 2. The predicted molar refractivity (Wildman–Crippen MR) is 114 cm³/mol. The van der Waals surface area contributed by atoms with Crippen molar-refractivity contribution in [1.29, 1.82) is 0 Å². The fourth-order valence-corrected chi connectivity index (χ4v) is 4.48. The lowest BCUT2D eigenvalue weighted by Crippen LogP contribution is -2.35. The number of pyridine rings is 1. The van der Waals surface area contributed by atoms with Crippen molar-refractivity contribution < 1.29 is 17.7 Å². The minimum Gasteiger partial charge on any atom is -0.351 e. The molecule has 0 spiro atoms. The monoisotopic (exact) mass is 430 g/mol. The molecular formula is C21H26N4O4S. The molecule has 0 radical (unpaired) electrons. The van der Waals surface area contributed by atoms with Gasteiger partial charge in [-0.15, -0.1) is 0 Å². The second-order valence-electron chi connectivity index (χ2n) is 7.62. The van der Waals surface area contributed by atoms with E-state index in [1.54, 1.807) is 32.0 Å². The molecule has 2 aromatic heterocycles. The van der Waals surface area contributed by atoms with Crippen molar-refractivity contribution in [3.63, 3.8) is 0 Å². The molecule has 2 heterocycles. The van der Waals surface area contributed by atoms with Crippen LogP contribution in [0.4, 0.5) is 0 Å². The summed E-state index contributed by atoms with van der Waals surface area (Å²) in [5.74, 6) is -0.225. The van der Waals surface area contributed by atoms with Crippen molar-refractivity contribution >= 4 is 27.0 Å². The summed E-state index contributed by atoms with van der Waals surface area (Å²) in [4.78, 5) is 17.4. The number of hydrogen-bond acceptors (Lipinski definition) is 6. The van der Waals surface area contributed by atoms with E-state index >= 15 is 0 Å². The van der Waals surface area contributed by atoms with E-state index in [4.69, 9.17) is 4.52 Å². The highest BCUT2D eigenvalue weighted by atomic mass is 32.2. The Morgan fingerprint density at radius 3 is 2.57 bits per heavy atom. The van der Waals surface area contributed by atoms with E-state index in [2.05, 4.69) is 20.2 Å². The molecule has 160 valence electrons. The smallest absolute Gasteiger partial charge is 0.259 e. The fourth-order valence-electron chi connectivity index (χ4n) is 3.12. The van der Waals surface area contributed by atoms with Gasteiger partial charge in [-0.3, -0.25) is 4.79 Å². The predicted octanol–water partition coefficient (Wildman–Crippen LogP) is 2.98. The van der Waals surface area contributed by atoms with Gasteiger partial charge in [-0.1, -0.05) is 31.1 Å². The van der Waals surface area contributed by atoms with Crippen LogP contribution in [0.2, 0.25) is 0 Å². The van der Waals surface area contributed by atoms with Crippen LogP contribution >= 0.6 is 0 Å². The minimum atomic E-state index is -3.66. The Balaban J connectivity index is 1.71. The largest absolute Gasteiger partial charge is 0.351 e. The van der Waals surface area contributed by atoms with E-state index in [-0.39, 0.29) is 29.8 Å². The fraction of sp³-hybridized carbons (Fsp3) is 0.381. The maximum absolute atomic E-state index is 12.8. The van der Waals surface area contributed by atoms with Gasteiger partial charge in [0.05, 0.1) is 21.5 Å². The van der Waals surface area contributed by atoms with Crippen LogP contribution in [0, 0.1) is 20.8 Å². The molecule has 3 aromatic rings. The van der Waals surface area contributed by atoms with Crippen LogP contribution in [0.15, 0.2) is 33.7 Å². The van der Waals surface area contributed by atoms with Gasteiger partial charge in [0.25, 0.3) is 11.6 Å². The minimum absolute atomic E-state index is 0.0648. The standard InChI is InChI=1S/C21H26N4O4S/c1-12(2)17-11-16(19-15(5)25-29-21(19)24-17)20(26)22-8-9-23-30(27,28)18-10-13(3)6-7-14(18)4/h6-7,10-12,23H,8-9H2,1-5H3,(H,22,26). The average Bonchev–Trinajstić information content (AvgIpc) is 3.07. The second kappa shape index (κ2) is 8.53. The zero-order chi connectivity index (χ0) is 22.1. The van der Waals surface area contributed by atoms with Crippen LogP contribution in [-0.2, 0) is 10.0 Å². The van der Waals surface area contributed by atoms with Gasteiger partial charge in [0.2, 0.25) is 10.0 Å². The Hall–Kier alpha value is -2.78. The van der Waals surface area contributed by atoms with Crippen LogP contribution in [-0.4, -0.2) is 37.6 Å². The molecule has 0 aliphatic rings. The van der Waals surface area contributed by atoms with E-state index < -0.39 is 10.0 Å². The van der Waals surface area contributed by atoms with Gasteiger partial charge in [0.15, 0.2) is 0 Å². The van der Waals surface area contributed by atoms with Gasteiger partial charge in [-0.25, -0.2) is 18.1 Å². The Morgan fingerprint density at radius 1 is 1.13 bits per heavy atom. The zero-order valence-corrected chi connectivity index (χ0v) is 18.6. The highest BCUT2D eigenvalue weighted by Crippen LogP contribution is 2.25. The van der Waals surface area contributed by atoms with Crippen molar-refractivity contribution in [2.45, 2.75) is 45.4 Å². The van der Waals surface area contributed by atoms with Gasteiger partial charge < -0.3 is 9.84 Å². The highest BCUT2D eigenvalue weighted by Gasteiger charge is 2.20. The molecule has 0 saturated heterocycles. The molecular weight excluding hydrogens is 404 g/mol. The molecule has 0 saturated carbocycles. The van der Waals surface area contributed by atoms with E-state index in [0.717, 1.165) is 11.3 Å². The Bertz CT molecular complexity index is 1200. The first-order chi connectivity index (χ1) is 14.1. The number of carbonyl (C=O) groups excluding carboxylic acids is 1. The summed E-state index contributed by atoms with van der Waals surface area (Å²) >= 11 is 0. The molecule has 0 unspecified atom stereocenters. The van der Waals surface area contributed by atoms with Crippen LogP contribution in [0.3, 0.4) is 0 Å². The summed E-state index contributed by atoms with van der Waals surface area (Å²) in [6.45, 7) is 9.48. The van der Waals surface area contributed by atoms with Crippen LogP contribution in [0.1, 0.15) is 52.6 Å². The third-order valence-electron chi connectivity index (χ3n) is 4.81. The van der Waals surface area contributed by atoms with E-state index in [1.165, 1.54) is 0 Å².